The lowest BCUT2D eigenvalue weighted by Crippen LogP contribution is -2.30. The van der Waals surface area contributed by atoms with Crippen molar-refractivity contribution in [3.63, 3.8) is 0 Å². The van der Waals surface area contributed by atoms with E-state index in [9.17, 15) is 0 Å². The molecule has 0 spiro atoms. The first-order chi connectivity index (χ1) is 9.69. The Bertz CT molecular complexity index is 370. The molecule has 1 rings (SSSR count). The first kappa shape index (κ1) is 18.1. The number of nitrogens with one attached hydrogen (secondary N) is 1. The van der Waals surface area contributed by atoms with E-state index in [0.29, 0.717) is 6.04 Å². The Balaban J connectivity index is 2.41. The minimum absolute atomic E-state index is 0.612. The molecule has 20 heavy (non-hydrogen) atoms. The molecule has 0 saturated carbocycles. The number of thioether (sulfide) groups is 1. The molecule has 1 nitrogen and oxygen atoms in total. The largest absolute Gasteiger partial charge is 0.316 e. The summed E-state index contributed by atoms with van der Waals surface area (Å²) in [5.41, 5.74) is 0. The molecule has 0 heterocycles. The van der Waals surface area contributed by atoms with Crippen LogP contribution in [0.5, 0.6) is 0 Å². The van der Waals surface area contributed by atoms with Crippen molar-refractivity contribution in [1.82, 2.24) is 5.32 Å². The molecule has 0 radical (unpaired) electrons. The summed E-state index contributed by atoms with van der Waals surface area (Å²) in [6.07, 6.45) is 6.67. The highest BCUT2D eigenvalue weighted by Gasteiger charge is 2.14. The van der Waals surface area contributed by atoms with E-state index in [0.717, 1.165) is 16.1 Å². The zero-order valence-electron chi connectivity index (χ0n) is 13.0. The van der Waals surface area contributed by atoms with Crippen molar-refractivity contribution in [3.8, 4) is 0 Å². The van der Waals surface area contributed by atoms with Gasteiger partial charge in [0.05, 0.1) is 0 Å². The van der Waals surface area contributed by atoms with Gasteiger partial charge in [0.2, 0.25) is 0 Å². The fourth-order valence-electron chi connectivity index (χ4n) is 2.41. The Hall–Kier alpha value is 0.01000. The molecule has 0 aliphatic rings. The predicted octanol–water partition coefficient (Wildman–Crippen LogP) is 5.74. The van der Waals surface area contributed by atoms with Gasteiger partial charge < -0.3 is 5.32 Å². The maximum Gasteiger partial charge on any atom is 0.0186 e. The fraction of sp³-hybridized carbons (Fsp3) is 0.647. The van der Waals surface area contributed by atoms with Crippen LogP contribution in [0.2, 0.25) is 0 Å². The van der Waals surface area contributed by atoms with Crippen molar-refractivity contribution in [1.29, 1.82) is 0 Å². The van der Waals surface area contributed by atoms with E-state index in [1.807, 2.05) is 11.8 Å². The zero-order chi connectivity index (χ0) is 14.8. The molecule has 0 aliphatic carbocycles. The van der Waals surface area contributed by atoms with Crippen LogP contribution in [-0.2, 0) is 0 Å². The number of benzene rings is 1. The second kappa shape index (κ2) is 10.7. The van der Waals surface area contributed by atoms with Crippen LogP contribution in [0.25, 0.3) is 0 Å². The molecular formula is C17H28BrNS. The van der Waals surface area contributed by atoms with Gasteiger partial charge in [-0.2, -0.15) is 0 Å². The molecule has 114 valence electrons. The van der Waals surface area contributed by atoms with E-state index in [2.05, 4.69) is 66.4 Å². The topological polar surface area (TPSA) is 12.0 Å². The molecule has 1 N–H and O–H groups in total. The SMILES string of the molecule is CCCCC(CC)CC(CSc1cccc(Br)c1)NC. The van der Waals surface area contributed by atoms with Crippen molar-refractivity contribution >= 4 is 27.7 Å². The average molecular weight is 358 g/mol. The van der Waals surface area contributed by atoms with Crippen molar-refractivity contribution in [2.45, 2.75) is 56.9 Å². The Morgan fingerprint density at radius 2 is 2.10 bits per heavy atom. The summed E-state index contributed by atoms with van der Waals surface area (Å²) in [5, 5.41) is 3.50. The van der Waals surface area contributed by atoms with Gasteiger partial charge in [-0.15, -0.1) is 11.8 Å². The second-order valence-electron chi connectivity index (χ2n) is 5.41. The lowest BCUT2D eigenvalue weighted by atomic mass is 9.93. The van der Waals surface area contributed by atoms with Crippen molar-refractivity contribution in [3.05, 3.63) is 28.7 Å². The molecule has 0 aromatic heterocycles. The van der Waals surface area contributed by atoms with Crippen LogP contribution in [0.1, 0.15) is 46.0 Å². The minimum Gasteiger partial charge on any atom is -0.316 e. The van der Waals surface area contributed by atoms with Gasteiger partial charge in [-0.1, -0.05) is 61.5 Å². The highest BCUT2D eigenvalue weighted by molar-refractivity contribution is 9.10. The van der Waals surface area contributed by atoms with Crippen LogP contribution in [-0.4, -0.2) is 18.8 Å². The standard InChI is InChI=1S/C17H28BrNS/c1-4-6-8-14(5-2)11-16(19-3)13-20-17-10-7-9-15(18)12-17/h7,9-10,12,14,16,19H,4-6,8,11,13H2,1-3H3. The summed E-state index contributed by atoms with van der Waals surface area (Å²) < 4.78 is 1.16. The summed E-state index contributed by atoms with van der Waals surface area (Å²) in [6, 6.07) is 9.19. The van der Waals surface area contributed by atoms with Crippen LogP contribution < -0.4 is 5.32 Å². The maximum atomic E-state index is 3.54. The van der Waals surface area contributed by atoms with Crippen molar-refractivity contribution in [2.75, 3.05) is 12.8 Å². The lowest BCUT2D eigenvalue weighted by Gasteiger charge is -2.22. The smallest absolute Gasteiger partial charge is 0.0186 e. The van der Waals surface area contributed by atoms with E-state index < -0.39 is 0 Å². The molecule has 0 amide bonds. The highest BCUT2D eigenvalue weighted by atomic mass is 79.9. The van der Waals surface area contributed by atoms with E-state index in [1.54, 1.807) is 0 Å². The van der Waals surface area contributed by atoms with E-state index in [-0.39, 0.29) is 0 Å². The van der Waals surface area contributed by atoms with E-state index in [1.165, 1.54) is 37.0 Å². The van der Waals surface area contributed by atoms with E-state index >= 15 is 0 Å². The van der Waals surface area contributed by atoms with Crippen LogP contribution >= 0.6 is 27.7 Å². The summed E-state index contributed by atoms with van der Waals surface area (Å²) >= 11 is 5.49. The molecule has 1 aromatic rings. The molecule has 3 heteroatoms. The van der Waals surface area contributed by atoms with Gasteiger partial charge in [0.15, 0.2) is 0 Å². The van der Waals surface area contributed by atoms with Gasteiger partial charge in [-0.25, -0.2) is 0 Å². The number of halogens is 1. The Kier molecular flexibility index (Phi) is 9.66. The number of hydrogen-bond donors (Lipinski definition) is 1. The van der Waals surface area contributed by atoms with Crippen LogP contribution in [0.3, 0.4) is 0 Å². The molecular weight excluding hydrogens is 330 g/mol. The lowest BCUT2D eigenvalue weighted by molar-refractivity contribution is 0.375. The molecule has 0 aliphatic heterocycles. The van der Waals surface area contributed by atoms with Gasteiger partial charge in [-0.3, -0.25) is 0 Å². The Morgan fingerprint density at radius 1 is 1.30 bits per heavy atom. The van der Waals surface area contributed by atoms with Gasteiger partial charge in [0.25, 0.3) is 0 Å². The number of rotatable bonds is 10. The van der Waals surface area contributed by atoms with Crippen LogP contribution in [0, 0.1) is 5.92 Å². The molecule has 0 saturated heterocycles. The summed E-state index contributed by atoms with van der Waals surface area (Å²) in [4.78, 5) is 1.35. The number of unbranched alkanes of at least 4 members (excludes halogenated alkanes) is 1. The predicted molar refractivity (Wildman–Crippen MR) is 95.6 cm³/mol. The normalized spacial score (nSPS) is 14.2. The summed E-state index contributed by atoms with van der Waals surface area (Å²) in [5.74, 6) is 2.02. The molecule has 2 atom stereocenters. The van der Waals surface area contributed by atoms with Gasteiger partial charge in [-0.05, 0) is 37.6 Å². The zero-order valence-corrected chi connectivity index (χ0v) is 15.4. The monoisotopic (exact) mass is 357 g/mol. The first-order valence-corrected chi connectivity index (χ1v) is 9.53. The van der Waals surface area contributed by atoms with Crippen molar-refractivity contribution in [2.24, 2.45) is 5.92 Å². The quantitative estimate of drug-likeness (QED) is 0.536. The summed E-state index contributed by atoms with van der Waals surface area (Å²) in [7, 11) is 2.10. The van der Waals surface area contributed by atoms with Crippen molar-refractivity contribution < 1.29 is 0 Å². The third-order valence-corrected chi connectivity index (χ3v) is 5.47. The third kappa shape index (κ3) is 7.14. The van der Waals surface area contributed by atoms with Gasteiger partial charge in [0.1, 0.15) is 0 Å². The highest BCUT2D eigenvalue weighted by Crippen LogP contribution is 2.25. The Morgan fingerprint density at radius 3 is 2.70 bits per heavy atom. The third-order valence-electron chi connectivity index (χ3n) is 3.82. The molecule has 1 aromatic carbocycles. The molecule has 0 fully saturated rings. The average Bonchev–Trinajstić information content (AvgIpc) is 2.47. The Labute approximate surface area is 137 Å². The van der Waals surface area contributed by atoms with Crippen LogP contribution in [0.4, 0.5) is 0 Å². The maximum absolute atomic E-state index is 3.54. The molecule has 0 bridgehead atoms. The first-order valence-electron chi connectivity index (χ1n) is 7.75. The fourth-order valence-corrected chi connectivity index (χ4v) is 4.04. The summed E-state index contributed by atoms with van der Waals surface area (Å²) in [6.45, 7) is 4.61. The molecule has 2 unspecified atom stereocenters. The van der Waals surface area contributed by atoms with Crippen LogP contribution in [0.15, 0.2) is 33.6 Å². The minimum atomic E-state index is 0.612. The van der Waals surface area contributed by atoms with Gasteiger partial charge >= 0.3 is 0 Å². The van der Waals surface area contributed by atoms with Gasteiger partial charge in [0, 0.05) is 21.2 Å². The number of hydrogen-bond acceptors (Lipinski definition) is 2. The van der Waals surface area contributed by atoms with E-state index in [4.69, 9.17) is 0 Å². The second-order valence-corrected chi connectivity index (χ2v) is 7.42.